The van der Waals surface area contributed by atoms with Gasteiger partial charge >= 0.3 is 17.9 Å². The van der Waals surface area contributed by atoms with Gasteiger partial charge in [0.05, 0.1) is 31.5 Å². The Labute approximate surface area is 180 Å². The number of rotatable bonds is 3. The number of esters is 3. The van der Waals surface area contributed by atoms with Crippen LogP contribution in [0.25, 0.3) is 0 Å². The minimum absolute atomic E-state index is 0.0917. The minimum atomic E-state index is -1.04. The predicted octanol–water partition coefficient (Wildman–Crippen LogP) is 3.00. The number of hydrogen-bond donors (Lipinski definition) is 0. The second-order valence-electron chi connectivity index (χ2n) is 9.53. The predicted molar refractivity (Wildman–Crippen MR) is 105 cm³/mol. The van der Waals surface area contributed by atoms with E-state index in [4.69, 9.17) is 18.6 Å². The molecule has 0 N–H and O–H groups in total. The van der Waals surface area contributed by atoms with Crippen molar-refractivity contribution in [3.63, 3.8) is 0 Å². The third-order valence-electron chi connectivity index (χ3n) is 7.81. The van der Waals surface area contributed by atoms with Crippen LogP contribution in [0.15, 0.2) is 23.0 Å². The Kier molecular flexibility index (Phi) is 5.22. The van der Waals surface area contributed by atoms with Gasteiger partial charge in [0, 0.05) is 24.8 Å². The van der Waals surface area contributed by atoms with Crippen LogP contribution in [0.5, 0.6) is 0 Å². The number of carbonyl (C=O) groups is 4. The van der Waals surface area contributed by atoms with Gasteiger partial charge < -0.3 is 18.6 Å². The van der Waals surface area contributed by atoms with E-state index >= 15 is 0 Å². The lowest BCUT2D eigenvalue weighted by Gasteiger charge is -2.60. The summed E-state index contributed by atoms with van der Waals surface area (Å²) in [5, 5.41) is 0. The monoisotopic (exact) mass is 432 g/mol. The number of fused-ring (bicyclic) bond motifs is 3. The third-order valence-corrected chi connectivity index (χ3v) is 7.81. The summed E-state index contributed by atoms with van der Waals surface area (Å²) in [7, 11) is 1.32. The number of Topliss-reactive ketones (excluding diaryl/α,β-unsaturated/α-hetero) is 1. The number of carbonyl (C=O) groups excluding carboxylic acids is 4. The molecule has 0 amide bonds. The quantitative estimate of drug-likeness (QED) is 0.530. The van der Waals surface area contributed by atoms with Gasteiger partial charge in [0.2, 0.25) is 0 Å². The summed E-state index contributed by atoms with van der Waals surface area (Å²) in [4.78, 5) is 51.2. The topological polar surface area (TPSA) is 109 Å². The van der Waals surface area contributed by atoms with Crippen LogP contribution < -0.4 is 0 Å². The molecule has 0 unspecified atom stereocenters. The lowest BCUT2D eigenvalue weighted by molar-refractivity contribution is -0.210. The lowest BCUT2D eigenvalue weighted by Crippen LogP contribution is -2.64. The minimum Gasteiger partial charge on any atom is -0.472 e. The van der Waals surface area contributed by atoms with Crippen molar-refractivity contribution in [2.45, 2.75) is 58.7 Å². The molecule has 31 heavy (non-hydrogen) atoms. The highest BCUT2D eigenvalue weighted by Gasteiger charge is 2.67. The van der Waals surface area contributed by atoms with Gasteiger partial charge in [-0.05, 0) is 36.2 Å². The summed E-state index contributed by atoms with van der Waals surface area (Å²) in [6.45, 7) is 5.09. The maximum absolute atomic E-state index is 13.7. The average Bonchev–Trinajstić information content (AvgIpc) is 3.23. The standard InChI is InChI=1S/C23H28O8/c1-12(24)30-16-9-15(20(26)28-4)22(2)7-5-14-21(27)31-17(13-6-8-29-11-13)10-23(14,3)19(22)18(16)25/h6,8,11,14-17,19H,5,7,9-10H2,1-4H3/t14-,15+,16+,17+,19+,22+,23+/m1/s1. The molecule has 1 aromatic rings. The molecule has 0 aromatic carbocycles. The molecule has 2 aliphatic carbocycles. The number of methoxy groups -OCH3 is 1. The normalized spacial score (nSPS) is 39.7. The summed E-state index contributed by atoms with van der Waals surface area (Å²) in [6.07, 6.45) is 2.98. The molecule has 3 aliphatic rings. The van der Waals surface area contributed by atoms with Crippen LogP contribution in [0, 0.1) is 28.6 Å². The fourth-order valence-electron chi connectivity index (χ4n) is 6.46. The van der Waals surface area contributed by atoms with Gasteiger partial charge in [-0.3, -0.25) is 19.2 Å². The van der Waals surface area contributed by atoms with E-state index < -0.39 is 52.7 Å². The van der Waals surface area contributed by atoms with Crippen molar-refractivity contribution in [2.24, 2.45) is 28.6 Å². The number of furan rings is 1. The van der Waals surface area contributed by atoms with Gasteiger partial charge in [-0.2, -0.15) is 0 Å². The van der Waals surface area contributed by atoms with Crippen molar-refractivity contribution in [1.82, 2.24) is 0 Å². The van der Waals surface area contributed by atoms with Crippen molar-refractivity contribution in [3.8, 4) is 0 Å². The molecule has 2 heterocycles. The van der Waals surface area contributed by atoms with E-state index in [0.717, 1.165) is 5.56 Å². The Bertz CT molecular complexity index is 905. The van der Waals surface area contributed by atoms with Crippen molar-refractivity contribution in [2.75, 3.05) is 7.11 Å². The summed E-state index contributed by atoms with van der Waals surface area (Å²) in [5.74, 6) is -3.35. The highest BCUT2D eigenvalue weighted by atomic mass is 16.6. The molecular formula is C23H28O8. The lowest BCUT2D eigenvalue weighted by atomic mass is 9.43. The SMILES string of the molecule is COC(=O)[C@@H]1C[C@H](OC(C)=O)C(=O)[C@@H]2[C@@]3(C)C[C@@H](c4ccoc4)OC(=O)[C@H]3CC[C@]21C. The molecule has 1 aromatic heterocycles. The van der Waals surface area contributed by atoms with Crippen molar-refractivity contribution in [3.05, 3.63) is 24.2 Å². The van der Waals surface area contributed by atoms with Gasteiger partial charge in [0.15, 0.2) is 11.9 Å². The second kappa shape index (κ2) is 7.50. The summed E-state index contributed by atoms with van der Waals surface area (Å²) in [5.41, 5.74) is -0.763. The molecule has 8 nitrogen and oxygen atoms in total. The van der Waals surface area contributed by atoms with Crippen molar-refractivity contribution >= 4 is 23.7 Å². The fraction of sp³-hybridized carbons (Fsp3) is 0.652. The summed E-state index contributed by atoms with van der Waals surface area (Å²) < 4.78 is 21.3. The Balaban J connectivity index is 1.80. The van der Waals surface area contributed by atoms with Crippen molar-refractivity contribution in [1.29, 1.82) is 0 Å². The maximum Gasteiger partial charge on any atom is 0.310 e. The maximum atomic E-state index is 13.7. The molecule has 8 heteroatoms. The van der Waals surface area contributed by atoms with E-state index in [1.807, 2.05) is 13.8 Å². The van der Waals surface area contributed by atoms with E-state index in [1.54, 1.807) is 6.07 Å². The number of cyclic esters (lactones) is 1. The van der Waals surface area contributed by atoms with Crippen LogP contribution in [0.4, 0.5) is 0 Å². The highest BCUT2D eigenvalue weighted by molar-refractivity contribution is 5.93. The zero-order chi connectivity index (χ0) is 22.6. The van der Waals surface area contributed by atoms with E-state index in [9.17, 15) is 19.2 Å². The molecule has 0 spiro atoms. The van der Waals surface area contributed by atoms with Gasteiger partial charge in [-0.25, -0.2) is 0 Å². The van der Waals surface area contributed by atoms with E-state index in [2.05, 4.69) is 0 Å². The van der Waals surface area contributed by atoms with E-state index in [1.165, 1.54) is 26.6 Å². The molecule has 4 rings (SSSR count). The smallest absolute Gasteiger partial charge is 0.310 e. The van der Waals surface area contributed by atoms with Gasteiger partial charge in [0.25, 0.3) is 0 Å². The molecule has 2 saturated carbocycles. The average molecular weight is 432 g/mol. The van der Waals surface area contributed by atoms with Crippen LogP contribution in [0.3, 0.4) is 0 Å². The van der Waals surface area contributed by atoms with Crippen LogP contribution in [0.2, 0.25) is 0 Å². The summed E-state index contributed by atoms with van der Waals surface area (Å²) >= 11 is 0. The van der Waals surface area contributed by atoms with E-state index in [-0.39, 0.29) is 18.2 Å². The molecular weight excluding hydrogens is 404 g/mol. The van der Waals surface area contributed by atoms with Gasteiger partial charge in [0.1, 0.15) is 6.10 Å². The molecule has 1 aliphatic heterocycles. The first-order valence-electron chi connectivity index (χ1n) is 10.6. The Morgan fingerprint density at radius 1 is 1.19 bits per heavy atom. The van der Waals surface area contributed by atoms with Crippen LogP contribution >= 0.6 is 0 Å². The first-order valence-corrected chi connectivity index (χ1v) is 10.6. The zero-order valence-electron chi connectivity index (χ0n) is 18.2. The van der Waals surface area contributed by atoms with Crippen LogP contribution in [-0.4, -0.2) is 36.9 Å². The number of ketones is 1. The zero-order valence-corrected chi connectivity index (χ0v) is 18.2. The molecule has 7 atom stereocenters. The first kappa shape index (κ1) is 21.6. The fourth-order valence-corrected chi connectivity index (χ4v) is 6.46. The molecule has 0 bridgehead atoms. The Morgan fingerprint density at radius 3 is 2.55 bits per heavy atom. The number of ether oxygens (including phenoxy) is 3. The highest BCUT2D eigenvalue weighted by Crippen LogP contribution is 2.65. The second-order valence-corrected chi connectivity index (χ2v) is 9.53. The third kappa shape index (κ3) is 3.27. The van der Waals surface area contributed by atoms with Gasteiger partial charge in [-0.1, -0.05) is 13.8 Å². The first-order chi connectivity index (χ1) is 14.6. The van der Waals surface area contributed by atoms with Crippen LogP contribution in [0.1, 0.15) is 58.1 Å². The Morgan fingerprint density at radius 2 is 1.94 bits per heavy atom. The van der Waals surface area contributed by atoms with Gasteiger partial charge in [-0.15, -0.1) is 0 Å². The summed E-state index contributed by atoms with van der Waals surface area (Å²) in [6, 6.07) is 1.74. The number of hydrogen-bond acceptors (Lipinski definition) is 8. The Hall–Kier alpha value is -2.64. The largest absolute Gasteiger partial charge is 0.472 e. The molecule has 3 fully saturated rings. The van der Waals surface area contributed by atoms with E-state index in [0.29, 0.717) is 19.3 Å². The molecule has 0 radical (unpaired) electrons. The molecule has 168 valence electrons. The van der Waals surface area contributed by atoms with Crippen LogP contribution in [-0.2, 0) is 33.4 Å². The van der Waals surface area contributed by atoms with Crippen molar-refractivity contribution < 1.29 is 37.8 Å². The molecule has 1 saturated heterocycles.